The van der Waals surface area contributed by atoms with Crippen molar-refractivity contribution in [3.63, 3.8) is 0 Å². The molecule has 0 saturated carbocycles. The number of nitrogens with zero attached hydrogens (tertiary/aromatic N) is 6. The third-order valence-electron chi connectivity index (χ3n) is 5.87. The summed E-state index contributed by atoms with van der Waals surface area (Å²) in [6.07, 6.45) is 0.289. The van der Waals surface area contributed by atoms with Gasteiger partial charge >= 0.3 is 6.09 Å². The van der Waals surface area contributed by atoms with Gasteiger partial charge < -0.3 is 25.4 Å². The van der Waals surface area contributed by atoms with E-state index in [1.807, 2.05) is 6.07 Å². The normalized spacial score (nSPS) is 16.6. The van der Waals surface area contributed by atoms with Crippen LogP contribution in [-0.2, 0) is 16.0 Å². The van der Waals surface area contributed by atoms with Crippen molar-refractivity contribution in [2.24, 2.45) is 0 Å². The molecule has 1 aliphatic heterocycles. The maximum atomic E-state index is 13.7. The Bertz CT molecular complexity index is 1460. The molecule has 1 fully saturated rings. The van der Waals surface area contributed by atoms with Crippen molar-refractivity contribution in [3.8, 4) is 6.07 Å². The number of carbonyl (C=O) groups is 1. The van der Waals surface area contributed by atoms with Gasteiger partial charge in [-0.25, -0.2) is 19.7 Å². The van der Waals surface area contributed by atoms with Gasteiger partial charge in [0.1, 0.15) is 41.0 Å². The molecule has 1 unspecified atom stereocenters. The van der Waals surface area contributed by atoms with E-state index < -0.39 is 23.8 Å². The number of anilines is 2. The average Bonchev–Trinajstić information content (AvgIpc) is 2.85. The first-order chi connectivity index (χ1) is 18.0. The van der Waals surface area contributed by atoms with Gasteiger partial charge in [-0.05, 0) is 39.8 Å². The lowest BCUT2D eigenvalue weighted by Gasteiger charge is -2.34. The molecule has 1 aliphatic rings. The zero-order valence-corrected chi connectivity index (χ0v) is 22.3. The second-order valence-electron chi connectivity index (χ2n) is 9.90. The lowest BCUT2D eigenvalue weighted by molar-refractivity contribution is -0.0479. The quantitative estimate of drug-likeness (QED) is 0.491. The fourth-order valence-corrected chi connectivity index (χ4v) is 4.41. The number of benzene rings is 1. The smallest absolute Gasteiger partial charge is 0.410 e. The molecule has 12 nitrogen and oxygen atoms in total. The van der Waals surface area contributed by atoms with E-state index in [9.17, 15) is 14.9 Å². The second kappa shape index (κ2) is 10.8. The molecule has 1 aromatic carbocycles. The zero-order chi connectivity index (χ0) is 27.6. The third-order valence-corrected chi connectivity index (χ3v) is 6.18. The number of fused-ring (bicyclic) bond motifs is 1. The molecule has 13 heteroatoms. The van der Waals surface area contributed by atoms with Crippen LogP contribution in [0.4, 0.5) is 16.4 Å². The summed E-state index contributed by atoms with van der Waals surface area (Å²) in [5.74, 6) is 0.610. The second-order valence-corrected chi connectivity index (χ2v) is 10.3. The minimum atomic E-state index is -0.637. The van der Waals surface area contributed by atoms with E-state index in [1.54, 1.807) is 50.8 Å². The minimum Gasteiger partial charge on any atom is -0.444 e. The predicted octanol–water partition coefficient (Wildman–Crippen LogP) is 3.10. The minimum absolute atomic E-state index is 0.0330. The van der Waals surface area contributed by atoms with E-state index in [-0.39, 0.29) is 52.9 Å². The third kappa shape index (κ3) is 5.79. The van der Waals surface area contributed by atoms with Crippen molar-refractivity contribution in [3.05, 3.63) is 51.3 Å². The van der Waals surface area contributed by atoms with Crippen LogP contribution in [0.5, 0.6) is 0 Å². The van der Waals surface area contributed by atoms with Gasteiger partial charge in [-0.2, -0.15) is 5.26 Å². The van der Waals surface area contributed by atoms with Gasteiger partial charge in [-0.15, -0.1) is 0 Å². The maximum absolute atomic E-state index is 13.7. The highest BCUT2D eigenvalue weighted by molar-refractivity contribution is 6.35. The Morgan fingerprint density at radius 1 is 1.39 bits per heavy atom. The number of aromatic nitrogens is 4. The van der Waals surface area contributed by atoms with E-state index in [1.165, 1.54) is 10.9 Å². The monoisotopic (exact) mass is 540 g/mol. The Morgan fingerprint density at radius 2 is 2.16 bits per heavy atom. The van der Waals surface area contributed by atoms with Crippen molar-refractivity contribution in [1.82, 2.24) is 24.4 Å². The molecular formula is C25H29ClN8O4. The van der Waals surface area contributed by atoms with Crippen LogP contribution in [0.3, 0.4) is 0 Å². The van der Waals surface area contributed by atoms with Crippen molar-refractivity contribution >= 4 is 40.2 Å². The molecule has 0 bridgehead atoms. The molecule has 2 aromatic heterocycles. The summed E-state index contributed by atoms with van der Waals surface area (Å²) in [5, 5.41) is 13.2. The molecule has 3 aromatic rings. The Labute approximate surface area is 224 Å². The summed E-state index contributed by atoms with van der Waals surface area (Å²) in [7, 11) is 0. The molecule has 0 radical (unpaired) electrons. The lowest BCUT2D eigenvalue weighted by atomic mass is 10.2. The van der Waals surface area contributed by atoms with Gasteiger partial charge in [0.2, 0.25) is 0 Å². The highest BCUT2D eigenvalue weighted by Crippen LogP contribution is 2.25. The molecule has 0 aliphatic carbocycles. The Morgan fingerprint density at radius 3 is 2.87 bits per heavy atom. The number of hydrogen-bond donors (Lipinski definition) is 2. The lowest BCUT2D eigenvalue weighted by Crippen LogP contribution is -2.49. The van der Waals surface area contributed by atoms with E-state index >= 15 is 0 Å². The SMILES string of the molecule is C[C@H](Nc1ncnc(N)c1C#N)c1nc2cccc(Cl)c2c(=O)n1CC1CN(C(=O)OC(C)(C)C)CCO1. The number of nitrogens with two attached hydrogens (primary N) is 1. The number of amides is 1. The van der Waals surface area contributed by atoms with E-state index in [0.717, 1.165) is 0 Å². The molecule has 38 heavy (non-hydrogen) atoms. The first-order valence-electron chi connectivity index (χ1n) is 12.0. The van der Waals surface area contributed by atoms with Crippen molar-refractivity contribution in [2.75, 3.05) is 30.7 Å². The Hall–Kier alpha value is -3.95. The van der Waals surface area contributed by atoms with Gasteiger partial charge in [0.25, 0.3) is 5.56 Å². The average molecular weight is 541 g/mol. The number of rotatable bonds is 5. The summed E-state index contributed by atoms with van der Waals surface area (Å²) < 4.78 is 12.9. The fraction of sp³-hybridized carbons (Fsp3) is 0.440. The number of nitriles is 1. The molecule has 3 heterocycles. The maximum Gasteiger partial charge on any atom is 0.410 e. The van der Waals surface area contributed by atoms with E-state index in [4.69, 9.17) is 31.8 Å². The molecule has 2 atom stereocenters. The predicted molar refractivity (Wildman–Crippen MR) is 142 cm³/mol. The summed E-state index contributed by atoms with van der Waals surface area (Å²) in [4.78, 5) is 40.7. The Balaban J connectivity index is 1.70. The van der Waals surface area contributed by atoms with Gasteiger partial charge in [0, 0.05) is 6.54 Å². The van der Waals surface area contributed by atoms with Crippen LogP contribution in [0.1, 0.15) is 45.1 Å². The molecular weight excluding hydrogens is 512 g/mol. The van der Waals surface area contributed by atoms with Crippen molar-refractivity contribution in [1.29, 1.82) is 5.26 Å². The number of nitrogens with one attached hydrogen (secondary N) is 1. The number of carbonyl (C=O) groups excluding carboxylic acids is 1. The first-order valence-corrected chi connectivity index (χ1v) is 12.4. The van der Waals surface area contributed by atoms with Crippen LogP contribution in [0.2, 0.25) is 5.02 Å². The van der Waals surface area contributed by atoms with E-state index in [2.05, 4.69) is 15.3 Å². The van der Waals surface area contributed by atoms with Crippen molar-refractivity contribution in [2.45, 2.75) is 52.0 Å². The van der Waals surface area contributed by atoms with Crippen molar-refractivity contribution < 1.29 is 14.3 Å². The van der Waals surface area contributed by atoms with Crippen LogP contribution >= 0.6 is 11.6 Å². The summed E-state index contributed by atoms with van der Waals surface area (Å²) in [6, 6.07) is 6.45. The Kier molecular flexibility index (Phi) is 7.71. The first kappa shape index (κ1) is 27.1. The van der Waals surface area contributed by atoms with Crippen LogP contribution in [0.25, 0.3) is 10.9 Å². The van der Waals surface area contributed by atoms with Crippen LogP contribution in [-0.4, -0.2) is 61.9 Å². The van der Waals surface area contributed by atoms with Crippen LogP contribution < -0.4 is 16.6 Å². The van der Waals surface area contributed by atoms with Gasteiger partial charge in [-0.3, -0.25) is 9.36 Å². The largest absolute Gasteiger partial charge is 0.444 e. The fourth-order valence-electron chi connectivity index (χ4n) is 4.16. The van der Waals surface area contributed by atoms with E-state index in [0.29, 0.717) is 17.9 Å². The number of halogens is 1. The van der Waals surface area contributed by atoms with Gasteiger partial charge in [0.15, 0.2) is 0 Å². The standard InChI is InChI=1S/C25H29ClN8O4/c1-14(31-21-16(10-27)20(28)29-13-30-21)22-32-18-7-5-6-17(26)19(18)23(35)34(22)12-15-11-33(8-9-37-15)24(36)38-25(2,3)4/h5-7,13-15H,8-9,11-12H2,1-4H3,(H3,28,29,30,31)/t14-,15?/m0/s1. The highest BCUT2D eigenvalue weighted by Gasteiger charge is 2.30. The number of nitrogen functional groups attached to an aromatic ring is 1. The molecule has 3 N–H and O–H groups in total. The van der Waals surface area contributed by atoms with Crippen LogP contribution in [0, 0.1) is 11.3 Å². The molecule has 1 saturated heterocycles. The van der Waals surface area contributed by atoms with Crippen LogP contribution in [0.15, 0.2) is 29.3 Å². The summed E-state index contributed by atoms with van der Waals surface area (Å²) in [6.45, 7) is 8.18. The summed E-state index contributed by atoms with van der Waals surface area (Å²) >= 11 is 6.39. The number of hydrogen-bond acceptors (Lipinski definition) is 10. The topological polar surface area (TPSA) is 161 Å². The number of ether oxygens (including phenoxy) is 2. The molecule has 4 rings (SSSR count). The molecule has 0 spiro atoms. The van der Waals surface area contributed by atoms with Gasteiger partial charge in [-0.1, -0.05) is 17.7 Å². The number of morpholine rings is 1. The molecule has 200 valence electrons. The molecule has 1 amide bonds. The summed E-state index contributed by atoms with van der Waals surface area (Å²) in [5.41, 5.74) is 5.34. The van der Waals surface area contributed by atoms with Gasteiger partial charge in [0.05, 0.1) is 47.8 Å². The highest BCUT2D eigenvalue weighted by atomic mass is 35.5. The zero-order valence-electron chi connectivity index (χ0n) is 21.6.